The van der Waals surface area contributed by atoms with Gasteiger partial charge in [0.25, 0.3) is 5.91 Å². The number of amides is 3. The van der Waals surface area contributed by atoms with Crippen molar-refractivity contribution in [3.05, 3.63) is 71.0 Å². The Hall–Kier alpha value is -4.69. The number of nitrogens with one attached hydrogen (secondary N) is 1. The van der Waals surface area contributed by atoms with Crippen molar-refractivity contribution in [1.29, 1.82) is 5.26 Å². The number of fused-ring (bicyclic) bond motifs is 1. The summed E-state index contributed by atoms with van der Waals surface area (Å²) in [6.45, 7) is 2.71. The fourth-order valence-corrected chi connectivity index (χ4v) is 5.74. The van der Waals surface area contributed by atoms with Gasteiger partial charge >= 0.3 is 0 Å². The molecule has 6 rings (SSSR count). The van der Waals surface area contributed by atoms with Crippen molar-refractivity contribution in [2.75, 3.05) is 32.1 Å². The number of imide groups is 1. The summed E-state index contributed by atoms with van der Waals surface area (Å²) < 4.78 is 8.11. The minimum Gasteiger partial charge on any atom is -0.489 e. The first-order valence-corrected chi connectivity index (χ1v) is 13.7. The van der Waals surface area contributed by atoms with E-state index in [4.69, 9.17) is 4.74 Å². The number of piperidine rings is 1. The molecular formula is C30H31N7O4. The molecule has 3 aromatic rings. The maximum absolute atomic E-state index is 13.0. The molecule has 1 N–H and O–H groups in total. The van der Waals surface area contributed by atoms with Crippen molar-refractivity contribution < 1.29 is 19.1 Å². The number of aromatic nitrogens is 2. The summed E-state index contributed by atoms with van der Waals surface area (Å²) in [6, 6.07) is 12.8. The van der Waals surface area contributed by atoms with Crippen LogP contribution in [0.3, 0.4) is 0 Å². The molecule has 2 fully saturated rings. The third-order valence-electron chi connectivity index (χ3n) is 7.88. The summed E-state index contributed by atoms with van der Waals surface area (Å²) in [5, 5.41) is 16.3. The second-order valence-electron chi connectivity index (χ2n) is 11.0. The predicted molar refractivity (Wildman–Crippen MR) is 149 cm³/mol. The van der Waals surface area contributed by atoms with Crippen molar-refractivity contribution in [3.63, 3.8) is 0 Å². The second kappa shape index (κ2) is 10.7. The maximum atomic E-state index is 13.0. The highest BCUT2D eigenvalue weighted by Crippen LogP contribution is 2.31. The molecule has 11 nitrogen and oxygen atoms in total. The van der Waals surface area contributed by atoms with Crippen LogP contribution in [0, 0.1) is 11.3 Å². The van der Waals surface area contributed by atoms with Crippen LogP contribution in [0.2, 0.25) is 0 Å². The molecule has 11 heteroatoms. The topological polar surface area (TPSA) is 124 Å². The summed E-state index contributed by atoms with van der Waals surface area (Å²) >= 11 is 0. The number of hydrogen-bond donors (Lipinski definition) is 1. The van der Waals surface area contributed by atoms with E-state index in [1.54, 1.807) is 15.6 Å². The Morgan fingerprint density at radius 3 is 2.78 bits per heavy atom. The number of ether oxygens (including phenoxy) is 1. The Morgan fingerprint density at radius 1 is 1.15 bits per heavy atom. The molecule has 1 unspecified atom stereocenters. The number of benzene rings is 2. The zero-order chi connectivity index (χ0) is 28.7. The zero-order valence-electron chi connectivity index (χ0n) is 23.0. The molecule has 41 heavy (non-hydrogen) atoms. The molecule has 2 aromatic carbocycles. The minimum atomic E-state index is -0.630. The van der Waals surface area contributed by atoms with E-state index in [0.29, 0.717) is 29.8 Å². The lowest BCUT2D eigenvalue weighted by molar-refractivity contribution is -0.136. The molecule has 0 saturated carbocycles. The van der Waals surface area contributed by atoms with Gasteiger partial charge in [-0.2, -0.15) is 10.4 Å². The number of carbonyl (C=O) groups excluding carboxylic acids is 3. The van der Waals surface area contributed by atoms with E-state index in [-0.39, 0.29) is 24.3 Å². The van der Waals surface area contributed by atoms with Gasteiger partial charge in [-0.1, -0.05) is 0 Å². The van der Waals surface area contributed by atoms with Gasteiger partial charge in [-0.05, 0) is 54.8 Å². The minimum absolute atomic E-state index is 0.0152. The molecule has 3 amide bonds. The van der Waals surface area contributed by atoms with Gasteiger partial charge in [0.1, 0.15) is 17.9 Å². The molecule has 4 heterocycles. The third kappa shape index (κ3) is 5.38. The highest BCUT2D eigenvalue weighted by molar-refractivity contribution is 6.05. The normalized spacial score (nSPS) is 20.6. The van der Waals surface area contributed by atoms with E-state index in [0.717, 1.165) is 48.6 Å². The van der Waals surface area contributed by atoms with E-state index >= 15 is 0 Å². The van der Waals surface area contributed by atoms with Crippen LogP contribution < -0.4 is 15.0 Å². The summed E-state index contributed by atoms with van der Waals surface area (Å²) in [6.07, 6.45) is 5.32. The van der Waals surface area contributed by atoms with Gasteiger partial charge in [-0.3, -0.25) is 24.6 Å². The molecule has 210 valence electrons. The number of nitriles is 1. The second-order valence-corrected chi connectivity index (χ2v) is 11.0. The van der Waals surface area contributed by atoms with Gasteiger partial charge in [0, 0.05) is 69.7 Å². The average Bonchev–Trinajstić information content (AvgIpc) is 3.68. The molecule has 1 aromatic heterocycles. The van der Waals surface area contributed by atoms with Crippen LogP contribution in [-0.4, -0.2) is 76.6 Å². The first-order valence-electron chi connectivity index (χ1n) is 13.7. The molecular weight excluding hydrogens is 522 g/mol. The van der Waals surface area contributed by atoms with E-state index in [1.807, 2.05) is 61.7 Å². The molecule has 0 radical (unpaired) electrons. The van der Waals surface area contributed by atoms with E-state index in [1.165, 1.54) is 0 Å². The number of anilines is 1. The van der Waals surface area contributed by atoms with Crippen LogP contribution in [0.25, 0.3) is 5.69 Å². The van der Waals surface area contributed by atoms with Crippen LogP contribution in [0.4, 0.5) is 5.69 Å². The molecule has 2 atom stereocenters. The summed E-state index contributed by atoms with van der Waals surface area (Å²) in [7, 11) is 3.89. The fourth-order valence-electron chi connectivity index (χ4n) is 5.74. The predicted octanol–water partition coefficient (Wildman–Crippen LogP) is 2.22. The smallest absolute Gasteiger partial charge is 0.255 e. The molecule has 2 saturated heterocycles. The maximum Gasteiger partial charge on any atom is 0.255 e. The lowest BCUT2D eigenvalue weighted by Crippen LogP contribution is -2.52. The third-order valence-corrected chi connectivity index (χ3v) is 7.88. The van der Waals surface area contributed by atoms with Crippen LogP contribution in [0.5, 0.6) is 5.75 Å². The highest BCUT2D eigenvalue weighted by Gasteiger charge is 2.39. The Labute approximate surface area is 237 Å². The molecule has 0 aliphatic carbocycles. The van der Waals surface area contributed by atoms with Crippen molar-refractivity contribution in [1.82, 2.24) is 24.9 Å². The zero-order valence-corrected chi connectivity index (χ0v) is 23.0. The summed E-state index contributed by atoms with van der Waals surface area (Å²) in [5.41, 5.74) is 4.84. The van der Waals surface area contributed by atoms with Gasteiger partial charge < -0.3 is 14.5 Å². The molecule has 0 spiro atoms. The molecule has 0 bridgehead atoms. The van der Waals surface area contributed by atoms with E-state index in [9.17, 15) is 19.6 Å². The Kier molecular flexibility index (Phi) is 6.93. The average molecular weight is 554 g/mol. The van der Waals surface area contributed by atoms with Crippen LogP contribution >= 0.6 is 0 Å². The molecule has 3 aliphatic heterocycles. The van der Waals surface area contributed by atoms with Crippen molar-refractivity contribution in [3.8, 4) is 17.5 Å². The SMILES string of the molecule is CN(C)c1cc(C#N)cc(-n2cc(CN3CC[C@H](Oc4ccc5c(c4)CN(C4CCC(=O)NC4=O)C5=O)C3)cn2)c1. The molecule has 3 aliphatic rings. The van der Waals surface area contributed by atoms with E-state index < -0.39 is 11.9 Å². The van der Waals surface area contributed by atoms with E-state index in [2.05, 4.69) is 21.4 Å². The fraction of sp³-hybridized carbons (Fsp3) is 0.367. The first-order chi connectivity index (χ1) is 19.8. The number of hydrogen-bond acceptors (Lipinski definition) is 8. The highest BCUT2D eigenvalue weighted by atomic mass is 16.5. The Balaban J connectivity index is 1.06. The summed E-state index contributed by atoms with van der Waals surface area (Å²) in [5.74, 6) is -0.194. The monoisotopic (exact) mass is 553 g/mol. The lowest BCUT2D eigenvalue weighted by atomic mass is 10.0. The standard InChI is InChI=1S/C30H31N7O4/c1-34(2)22-9-19(13-31)10-23(12-22)37-16-20(14-32-37)15-35-8-7-25(18-35)41-24-3-4-26-21(11-24)17-36(30(26)40)27-5-6-28(38)33-29(27)39/h3-4,9-12,14,16,25,27H,5-8,15,17-18H2,1-2H3,(H,33,38,39)/t25-,27?/m0/s1. The number of rotatable bonds is 7. The first kappa shape index (κ1) is 26.5. The number of likely N-dealkylation sites (tertiary alicyclic amines) is 1. The van der Waals surface area contributed by atoms with Gasteiger partial charge in [-0.25, -0.2) is 4.68 Å². The van der Waals surface area contributed by atoms with Crippen LogP contribution in [0.15, 0.2) is 48.8 Å². The van der Waals surface area contributed by atoms with Gasteiger partial charge in [0.15, 0.2) is 0 Å². The van der Waals surface area contributed by atoms with Crippen molar-refractivity contribution in [2.24, 2.45) is 0 Å². The van der Waals surface area contributed by atoms with Crippen LogP contribution in [-0.2, 0) is 22.7 Å². The number of nitrogens with zero attached hydrogens (tertiary/aromatic N) is 6. The van der Waals surface area contributed by atoms with Gasteiger partial charge in [0.2, 0.25) is 11.8 Å². The summed E-state index contributed by atoms with van der Waals surface area (Å²) in [4.78, 5) is 42.6. The van der Waals surface area contributed by atoms with Crippen molar-refractivity contribution >= 4 is 23.4 Å². The quantitative estimate of drug-likeness (QED) is 0.442. The number of carbonyl (C=O) groups is 3. The van der Waals surface area contributed by atoms with Gasteiger partial charge in [-0.15, -0.1) is 0 Å². The lowest BCUT2D eigenvalue weighted by Gasteiger charge is -2.29. The Morgan fingerprint density at radius 2 is 2.00 bits per heavy atom. The van der Waals surface area contributed by atoms with Crippen molar-refractivity contribution in [2.45, 2.75) is 44.5 Å². The largest absolute Gasteiger partial charge is 0.489 e. The van der Waals surface area contributed by atoms with Gasteiger partial charge in [0.05, 0.1) is 23.5 Å². The van der Waals surface area contributed by atoms with Crippen LogP contribution in [0.1, 0.15) is 46.3 Å². The Bertz CT molecular complexity index is 1570.